The first-order valence-electron chi connectivity index (χ1n) is 6.05. The molecule has 1 N–H and O–H groups in total. The van der Waals surface area contributed by atoms with E-state index in [4.69, 9.17) is 9.15 Å². The minimum absolute atomic E-state index is 0.157. The zero-order chi connectivity index (χ0) is 13.0. The summed E-state index contributed by atoms with van der Waals surface area (Å²) in [6, 6.07) is 7.77. The molecular weight excluding hydrogens is 228 g/mol. The van der Waals surface area contributed by atoms with Crippen LogP contribution in [0.4, 0.5) is 0 Å². The van der Waals surface area contributed by atoms with E-state index < -0.39 is 0 Å². The van der Waals surface area contributed by atoms with Gasteiger partial charge in [-0.2, -0.15) is 0 Å². The lowest BCUT2D eigenvalue weighted by Crippen LogP contribution is -2.05. The predicted molar refractivity (Wildman–Crippen MR) is 70.5 cm³/mol. The standard InChI is InChI=1S/C14H18N2O2/c1-10(2)18-13-6-4-5-11(7-13)14-16-12(8-15-3)9-17-14/h4-7,9-10,15H,8H2,1-3H3. The van der Waals surface area contributed by atoms with Gasteiger partial charge in [0.1, 0.15) is 12.0 Å². The van der Waals surface area contributed by atoms with E-state index in [1.807, 2.05) is 45.2 Å². The van der Waals surface area contributed by atoms with Crippen LogP contribution < -0.4 is 10.1 Å². The van der Waals surface area contributed by atoms with E-state index in [2.05, 4.69) is 10.3 Å². The molecule has 0 bridgehead atoms. The highest BCUT2D eigenvalue weighted by Crippen LogP contribution is 2.23. The quantitative estimate of drug-likeness (QED) is 0.881. The average molecular weight is 246 g/mol. The first kappa shape index (κ1) is 12.6. The Kier molecular flexibility index (Phi) is 3.99. The third-order valence-electron chi connectivity index (χ3n) is 2.36. The minimum Gasteiger partial charge on any atom is -0.491 e. The predicted octanol–water partition coefficient (Wildman–Crippen LogP) is 2.85. The van der Waals surface area contributed by atoms with Gasteiger partial charge >= 0.3 is 0 Å². The number of nitrogens with one attached hydrogen (secondary N) is 1. The second kappa shape index (κ2) is 5.69. The van der Waals surface area contributed by atoms with E-state index in [1.54, 1.807) is 6.26 Å². The van der Waals surface area contributed by atoms with E-state index in [9.17, 15) is 0 Å². The molecule has 0 saturated carbocycles. The van der Waals surface area contributed by atoms with Crippen LogP contribution in [0.5, 0.6) is 5.75 Å². The van der Waals surface area contributed by atoms with Crippen molar-refractivity contribution >= 4 is 0 Å². The van der Waals surface area contributed by atoms with E-state index in [0.29, 0.717) is 12.4 Å². The highest BCUT2D eigenvalue weighted by molar-refractivity contribution is 5.56. The van der Waals surface area contributed by atoms with Crippen molar-refractivity contribution < 1.29 is 9.15 Å². The Labute approximate surface area is 107 Å². The van der Waals surface area contributed by atoms with Crippen molar-refractivity contribution in [1.82, 2.24) is 10.3 Å². The first-order chi connectivity index (χ1) is 8.69. The van der Waals surface area contributed by atoms with Gasteiger partial charge in [-0.25, -0.2) is 4.98 Å². The van der Waals surface area contributed by atoms with Gasteiger partial charge in [-0.3, -0.25) is 0 Å². The average Bonchev–Trinajstić information content (AvgIpc) is 2.78. The summed E-state index contributed by atoms with van der Waals surface area (Å²) in [5, 5.41) is 3.04. The number of oxazole rings is 1. The molecule has 4 nitrogen and oxygen atoms in total. The minimum atomic E-state index is 0.157. The molecule has 1 heterocycles. The van der Waals surface area contributed by atoms with Crippen molar-refractivity contribution in [3.63, 3.8) is 0 Å². The second-order valence-electron chi connectivity index (χ2n) is 4.37. The highest BCUT2D eigenvalue weighted by atomic mass is 16.5. The molecule has 0 aliphatic carbocycles. The maximum Gasteiger partial charge on any atom is 0.226 e. The Bertz CT molecular complexity index is 506. The summed E-state index contributed by atoms with van der Waals surface area (Å²) in [5.74, 6) is 1.45. The van der Waals surface area contributed by atoms with Crippen LogP contribution >= 0.6 is 0 Å². The molecule has 18 heavy (non-hydrogen) atoms. The summed E-state index contributed by atoms with van der Waals surface area (Å²) in [5.41, 5.74) is 1.82. The van der Waals surface area contributed by atoms with Crippen LogP contribution in [0, 0.1) is 0 Å². The number of hydrogen-bond donors (Lipinski definition) is 1. The molecule has 0 aliphatic heterocycles. The zero-order valence-electron chi connectivity index (χ0n) is 10.9. The van der Waals surface area contributed by atoms with Crippen LogP contribution in [0.1, 0.15) is 19.5 Å². The van der Waals surface area contributed by atoms with Crippen LogP contribution in [0.2, 0.25) is 0 Å². The molecule has 0 radical (unpaired) electrons. The Morgan fingerprint density at radius 2 is 2.22 bits per heavy atom. The van der Waals surface area contributed by atoms with Crippen molar-refractivity contribution in [3.8, 4) is 17.2 Å². The number of ether oxygens (including phenoxy) is 1. The highest BCUT2D eigenvalue weighted by Gasteiger charge is 2.07. The molecule has 0 saturated heterocycles. The van der Waals surface area contributed by atoms with Gasteiger partial charge in [-0.05, 0) is 39.1 Å². The van der Waals surface area contributed by atoms with E-state index in [1.165, 1.54) is 0 Å². The molecule has 0 unspecified atom stereocenters. The van der Waals surface area contributed by atoms with Crippen LogP contribution in [0.25, 0.3) is 11.5 Å². The molecule has 0 atom stereocenters. The first-order valence-corrected chi connectivity index (χ1v) is 6.05. The molecule has 0 spiro atoms. The number of benzene rings is 1. The van der Waals surface area contributed by atoms with Gasteiger partial charge in [0.2, 0.25) is 5.89 Å². The van der Waals surface area contributed by atoms with Crippen molar-refractivity contribution in [2.24, 2.45) is 0 Å². The van der Waals surface area contributed by atoms with E-state index in [0.717, 1.165) is 17.0 Å². The fraction of sp³-hybridized carbons (Fsp3) is 0.357. The molecule has 0 aliphatic rings. The van der Waals surface area contributed by atoms with Gasteiger partial charge in [-0.15, -0.1) is 0 Å². The van der Waals surface area contributed by atoms with Crippen molar-refractivity contribution in [2.45, 2.75) is 26.5 Å². The number of nitrogens with zero attached hydrogens (tertiary/aromatic N) is 1. The van der Waals surface area contributed by atoms with Gasteiger partial charge in [0.15, 0.2) is 0 Å². The Balaban J connectivity index is 2.21. The molecule has 2 rings (SSSR count). The molecular formula is C14H18N2O2. The summed E-state index contributed by atoms with van der Waals surface area (Å²) < 4.78 is 11.1. The molecule has 0 amide bonds. The van der Waals surface area contributed by atoms with E-state index in [-0.39, 0.29) is 6.10 Å². The monoisotopic (exact) mass is 246 g/mol. The van der Waals surface area contributed by atoms with Gasteiger partial charge in [0.05, 0.1) is 11.8 Å². The smallest absolute Gasteiger partial charge is 0.226 e. The Morgan fingerprint density at radius 1 is 1.39 bits per heavy atom. The topological polar surface area (TPSA) is 47.3 Å². The second-order valence-corrected chi connectivity index (χ2v) is 4.37. The molecule has 0 fully saturated rings. The maximum atomic E-state index is 5.65. The summed E-state index contributed by atoms with van der Waals surface area (Å²) in [6.07, 6.45) is 1.83. The summed E-state index contributed by atoms with van der Waals surface area (Å²) in [7, 11) is 1.88. The van der Waals surface area contributed by atoms with Gasteiger partial charge in [0, 0.05) is 12.1 Å². The number of aromatic nitrogens is 1. The Morgan fingerprint density at radius 3 is 2.94 bits per heavy atom. The molecule has 2 aromatic rings. The number of hydrogen-bond acceptors (Lipinski definition) is 4. The lowest BCUT2D eigenvalue weighted by atomic mass is 10.2. The normalized spacial score (nSPS) is 10.9. The third kappa shape index (κ3) is 3.11. The lowest BCUT2D eigenvalue weighted by Gasteiger charge is -2.09. The lowest BCUT2D eigenvalue weighted by molar-refractivity contribution is 0.242. The maximum absolute atomic E-state index is 5.65. The summed E-state index contributed by atoms with van der Waals surface area (Å²) >= 11 is 0. The van der Waals surface area contributed by atoms with Crippen molar-refractivity contribution in [1.29, 1.82) is 0 Å². The van der Waals surface area contributed by atoms with Crippen molar-refractivity contribution in [2.75, 3.05) is 7.05 Å². The zero-order valence-corrected chi connectivity index (χ0v) is 10.9. The third-order valence-corrected chi connectivity index (χ3v) is 2.36. The molecule has 96 valence electrons. The SMILES string of the molecule is CNCc1coc(-c2cccc(OC(C)C)c2)n1. The van der Waals surface area contributed by atoms with Gasteiger partial charge in [0.25, 0.3) is 0 Å². The molecule has 4 heteroatoms. The largest absolute Gasteiger partial charge is 0.491 e. The Hall–Kier alpha value is -1.81. The van der Waals surface area contributed by atoms with Crippen LogP contribution in [0.15, 0.2) is 34.9 Å². The van der Waals surface area contributed by atoms with Crippen LogP contribution in [-0.2, 0) is 6.54 Å². The fourth-order valence-corrected chi connectivity index (χ4v) is 1.68. The van der Waals surface area contributed by atoms with Gasteiger partial charge < -0.3 is 14.5 Å². The van der Waals surface area contributed by atoms with Crippen molar-refractivity contribution in [3.05, 3.63) is 36.2 Å². The molecule has 1 aromatic carbocycles. The number of rotatable bonds is 5. The summed E-state index contributed by atoms with van der Waals surface area (Å²) in [4.78, 5) is 4.41. The van der Waals surface area contributed by atoms with E-state index >= 15 is 0 Å². The summed E-state index contributed by atoms with van der Waals surface area (Å²) in [6.45, 7) is 4.71. The van der Waals surface area contributed by atoms with Gasteiger partial charge in [-0.1, -0.05) is 6.07 Å². The van der Waals surface area contributed by atoms with Crippen LogP contribution in [-0.4, -0.2) is 18.1 Å². The fourth-order valence-electron chi connectivity index (χ4n) is 1.68. The van der Waals surface area contributed by atoms with Crippen LogP contribution in [0.3, 0.4) is 0 Å². The molecule has 1 aromatic heterocycles.